The van der Waals surface area contributed by atoms with Crippen molar-refractivity contribution in [3.05, 3.63) is 48.0 Å². The lowest BCUT2D eigenvalue weighted by molar-refractivity contribution is -0.166. The number of hydrogen-bond donors (Lipinski definition) is 3. The highest BCUT2D eigenvalue weighted by atomic mass is 35.5. The van der Waals surface area contributed by atoms with Gasteiger partial charge in [0.05, 0.1) is 25.2 Å². The number of hydrogen-bond acceptors (Lipinski definition) is 8. The Hall–Kier alpha value is -3.06. The number of benzene rings is 2. The van der Waals surface area contributed by atoms with E-state index in [9.17, 15) is 23.1 Å². The van der Waals surface area contributed by atoms with E-state index in [2.05, 4.69) is 21.9 Å². The molecule has 0 bridgehead atoms. The van der Waals surface area contributed by atoms with Crippen LogP contribution in [0, 0.1) is 5.92 Å². The van der Waals surface area contributed by atoms with E-state index >= 15 is 0 Å². The van der Waals surface area contributed by atoms with Crippen molar-refractivity contribution >= 4 is 39.9 Å². The number of halogens is 1. The van der Waals surface area contributed by atoms with Gasteiger partial charge in [-0.3, -0.25) is 19.2 Å². The normalized spacial score (nSPS) is 21.1. The number of carbonyl (C=O) groups is 2. The quantitative estimate of drug-likeness (QED) is 0.292. The van der Waals surface area contributed by atoms with E-state index in [1.54, 1.807) is 18.2 Å². The summed E-state index contributed by atoms with van der Waals surface area (Å²) in [5.74, 6) is 1.26. The number of rotatable bonds is 12. The molecule has 2 aromatic carbocycles. The molecule has 0 aromatic heterocycles. The number of sulfonamides is 1. The van der Waals surface area contributed by atoms with Crippen LogP contribution in [0.4, 0.5) is 5.69 Å². The van der Waals surface area contributed by atoms with Crippen LogP contribution in [-0.2, 0) is 26.2 Å². The highest BCUT2D eigenvalue weighted by molar-refractivity contribution is 7.92. The summed E-state index contributed by atoms with van der Waals surface area (Å²) >= 11 is 0. The van der Waals surface area contributed by atoms with Gasteiger partial charge in [0.2, 0.25) is 21.8 Å². The zero-order valence-electron chi connectivity index (χ0n) is 27.6. The van der Waals surface area contributed by atoms with Gasteiger partial charge in [-0.15, -0.1) is 12.4 Å². The average Bonchev–Trinajstić information content (AvgIpc) is 3.04. The van der Waals surface area contributed by atoms with Crippen molar-refractivity contribution in [2.24, 2.45) is 5.92 Å². The van der Waals surface area contributed by atoms with Gasteiger partial charge in [0.1, 0.15) is 17.3 Å². The minimum atomic E-state index is -3.42. The number of aliphatic hydroxyl groups excluding tert-OH is 1. The maximum Gasteiger partial charge on any atom is 0.248 e. The van der Waals surface area contributed by atoms with Crippen molar-refractivity contribution < 1.29 is 32.6 Å². The zero-order chi connectivity index (χ0) is 32.9. The van der Waals surface area contributed by atoms with E-state index in [-0.39, 0.29) is 30.1 Å². The van der Waals surface area contributed by atoms with Crippen molar-refractivity contribution in [3.8, 4) is 17.2 Å². The number of nitrogens with one attached hydrogen (secondary N) is 2. The molecule has 260 valence electrons. The molecule has 1 unspecified atom stereocenters. The van der Waals surface area contributed by atoms with E-state index in [1.807, 2.05) is 29.2 Å². The number of aliphatic hydroxyl groups is 1. The third-order valence-electron chi connectivity index (χ3n) is 9.68. The molecule has 2 aromatic rings. The Morgan fingerprint density at radius 3 is 2.34 bits per heavy atom. The minimum absolute atomic E-state index is 0. The number of likely N-dealkylation sites (tertiary alicyclic amines) is 1. The molecule has 2 aliphatic heterocycles. The predicted octanol–water partition coefficient (Wildman–Crippen LogP) is 4.68. The van der Waals surface area contributed by atoms with Crippen LogP contribution >= 0.6 is 12.4 Å². The molecule has 2 heterocycles. The number of nitrogens with zero attached hydrogens (tertiary/aromatic N) is 2. The third kappa shape index (κ3) is 8.70. The van der Waals surface area contributed by atoms with Crippen molar-refractivity contribution in [1.82, 2.24) is 15.1 Å². The fraction of sp³-hybridized carbons (Fsp3) is 0.588. The molecule has 13 heteroatoms. The fourth-order valence-corrected chi connectivity index (χ4v) is 7.67. The highest BCUT2D eigenvalue weighted by Gasteiger charge is 2.55. The number of amides is 2. The van der Waals surface area contributed by atoms with Crippen LogP contribution < -0.4 is 19.5 Å². The van der Waals surface area contributed by atoms with Gasteiger partial charge in [0.15, 0.2) is 11.5 Å². The van der Waals surface area contributed by atoms with Gasteiger partial charge in [0.25, 0.3) is 0 Å². The summed E-state index contributed by atoms with van der Waals surface area (Å²) in [4.78, 5) is 31.8. The molecule has 2 saturated heterocycles. The Morgan fingerprint density at radius 1 is 1.04 bits per heavy atom. The fourth-order valence-electron chi connectivity index (χ4n) is 7.11. The van der Waals surface area contributed by atoms with Crippen LogP contribution in [0.2, 0.25) is 0 Å². The topological polar surface area (TPSA) is 138 Å². The maximum atomic E-state index is 13.9. The number of methoxy groups -OCH3 is 1. The molecule has 3 N–H and O–H groups in total. The Bertz CT molecular complexity index is 1480. The van der Waals surface area contributed by atoms with Crippen molar-refractivity contribution in [2.75, 3.05) is 37.7 Å². The second-order valence-electron chi connectivity index (χ2n) is 13.0. The van der Waals surface area contributed by atoms with Gasteiger partial charge in [-0.2, -0.15) is 0 Å². The average molecular weight is 693 g/mol. The molecule has 3 aliphatic rings. The molecule has 1 saturated carbocycles. The molecule has 47 heavy (non-hydrogen) atoms. The summed E-state index contributed by atoms with van der Waals surface area (Å²) < 4.78 is 37.0. The summed E-state index contributed by atoms with van der Waals surface area (Å²) in [5, 5.41) is 14.2. The Morgan fingerprint density at radius 2 is 1.72 bits per heavy atom. The highest BCUT2D eigenvalue weighted by Crippen LogP contribution is 2.37. The van der Waals surface area contributed by atoms with Crippen LogP contribution in [0.15, 0.2) is 42.5 Å². The molecule has 2 amide bonds. The van der Waals surface area contributed by atoms with Crippen molar-refractivity contribution in [1.29, 1.82) is 0 Å². The smallest absolute Gasteiger partial charge is 0.248 e. The largest absolute Gasteiger partial charge is 0.493 e. The summed E-state index contributed by atoms with van der Waals surface area (Å²) in [6.07, 6.45) is 8.14. The minimum Gasteiger partial charge on any atom is -0.493 e. The second kappa shape index (κ2) is 15.9. The Labute approximate surface area is 284 Å². The van der Waals surface area contributed by atoms with Crippen LogP contribution in [0.25, 0.3) is 0 Å². The molecular weight excluding hydrogens is 644 g/mol. The monoisotopic (exact) mass is 692 g/mol. The number of piperidine rings is 1. The lowest BCUT2D eigenvalue weighted by Crippen LogP contribution is -2.75. The lowest BCUT2D eigenvalue weighted by atomic mass is 9.78. The first kappa shape index (κ1) is 36.8. The maximum absolute atomic E-state index is 13.9. The first-order valence-electron chi connectivity index (χ1n) is 16.5. The standard InChI is InChI=1S/C34H48N4O7S.ClH/c1-4-5-19-38-32(40)30(31(39)25-9-7-6-8-10-25)35-33(41)34(38)17-20-37(21-18-34)23-24-11-14-27(15-12-24)45-28-16-13-26(22-29(28)44-2)36-46(3,42)43;/h11-16,22,25,30-31,36,39H,4-10,17-21,23H2,1-3H3,(H,35,41);1H/t30-,31?;/m1./s1. The van der Waals surface area contributed by atoms with E-state index < -0.39 is 27.7 Å². The summed E-state index contributed by atoms with van der Waals surface area (Å²) in [7, 11) is -1.92. The zero-order valence-corrected chi connectivity index (χ0v) is 29.2. The van der Waals surface area contributed by atoms with Crippen LogP contribution in [-0.4, -0.2) is 85.8 Å². The van der Waals surface area contributed by atoms with Crippen molar-refractivity contribution in [3.63, 3.8) is 0 Å². The molecule has 2 atom stereocenters. The second-order valence-corrected chi connectivity index (χ2v) is 14.7. The van der Waals surface area contributed by atoms with Crippen LogP contribution in [0.5, 0.6) is 17.2 Å². The molecule has 3 fully saturated rings. The Kier molecular flexibility index (Phi) is 12.4. The first-order valence-corrected chi connectivity index (χ1v) is 18.4. The van der Waals surface area contributed by atoms with Crippen LogP contribution in [0.3, 0.4) is 0 Å². The van der Waals surface area contributed by atoms with E-state index in [1.165, 1.54) is 7.11 Å². The molecule has 5 rings (SSSR count). The van der Waals surface area contributed by atoms with E-state index in [4.69, 9.17) is 9.47 Å². The lowest BCUT2D eigenvalue weighted by Gasteiger charge is -2.52. The van der Waals surface area contributed by atoms with Crippen LogP contribution in [0.1, 0.15) is 70.3 Å². The van der Waals surface area contributed by atoms with Gasteiger partial charge in [-0.25, -0.2) is 8.42 Å². The molecule has 11 nitrogen and oxygen atoms in total. The molecule has 0 radical (unpaired) electrons. The summed E-state index contributed by atoms with van der Waals surface area (Å²) in [6, 6.07) is 11.7. The third-order valence-corrected chi connectivity index (χ3v) is 10.3. The number of ether oxygens (including phenoxy) is 2. The SMILES string of the molecule is CCCCN1C(=O)[C@@H](C(O)C2CCCCC2)NC(=O)C12CCN(Cc1ccc(Oc3ccc(NS(C)(=O)=O)cc3OC)cc1)CC2.Cl. The number of unbranched alkanes of at least 4 members (excludes halogenated alkanes) is 1. The van der Waals surface area contributed by atoms with Gasteiger partial charge < -0.3 is 24.8 Å². The van der Waals surface area contributed by atoms with E-state index in [0.717, 1.165) is 56.8 Å². The summed E-state index contributed by atoms with van der Waals surface area (Å²) in [6.45, 7) is 4.64. The molecule has 1 aliphatic carbocycles. The van der Waals surface area contributed by atoms with Gasteiger partial charge in [-0.1, -0.05) is 44.7 Å². The number of carbonyl (C=O) groups excluding carboxylic acids is 2. The van der Waals surface area contributed by atoms with Gasteiger partial charge in [0, 0.05) is 32.2 Å². The van der Waals surface area contributed by atoms with Gasteiger partial charge >= 0.3 is 0 Å². The Balaban J connectivity index is 0.00000500. The number of piperazine rings is 1. The van der Waals surface area contributed by atoms with Crippen molar-refractivity contribution in [2.45, 2.75) is 88.9 Å². The first-order chi connectivity index (χ1) is 22.0. The molecule has 1 spiro atoms. The summed E-state index contributed by atoms with van der Waals surface area (Å²) in [5.41, 5.74) is 0.589. The number of anilines is 1. The van der Waals surface area contributed by atoms with E-state index in [0.29, 0.717) is 62.0 Å². The molecular formula is C34H49ClN4O7S. The van der Waals surface area contributed by atoms with Gasteiger partial charge in [-0.05, 0) is 67.9 Å². The predicted molar refractivity (Wildman–Crippen MR) is 184 cm³/mol.